The molecule has 0 saturated carbocycles. The van der Waals surface area contributed by atoms with Gasteiger partial charge in [-0.25, -0.2) is 0 Å². The summed E-state index contributed by atoms with van der Waals surface area (Å²) in [6, 6.07) is 6.66. The van der Waals surface area contributed by atoms with Gasteiger partial charge >= 0.3 is 0 Å². The Morgan fingerprint density at radius 3 is 2.80 bits per heavy atom. The molecule has 2 aromatic rings. The van der Waals surface area contributed by atoms with E-state index in [-0.39, 0.29) is 17.3 Å². The molecule has 2 amide bonds. The molecular formula is C13H14N4O3. The van der Waals surface area contributed by atoms with Crippen LogP contribution in [-0.2, 0) is 7.05 Å². The SMILES string of the molecule is COc1cccc(C(=O)Nc2cnn(C)c2C(N)=O)c1. The zero-order chi connectivity index (χ0) is 14.7. The predicted molar refractivity (Wildman–Crippen MR) is 72.7 cm³/mol. The van der Waals surface area contributed by atoms with Crippen LogP contribution in [-0.4, -0.2) is 28.7 Å². The van der Waals surface area contributed by atoms with Gasteiger partial charge in [0.1, 0.15) is 11.4 Å². The van der Waals surface area contributed by atoms with Crippen molar-refractivity contribution in [1.82, 2.24) is 9.78 Å². The highest BCUT2D eigenvalue weighted by Crippen LogP contribution is 2.17. The number of benzene rings is 1. The number of amides is 2. The Balaban J connectivity index is 2.26. The van der Waals surface area contributed by atoms with Crippen molar-refractivity contribution in [1.29, 1.82) is 0 Å². The van der Waals surface area contributed by atoms with Crippen LogP contribution in [0.25, 0.3) is 0 Å². The molecule has 0 spiro atoms. The normalized spacial score (nSPS) is 10.1. The fraction of sp³-hybridized carbons (Fsp3) is 0.154. The highest BCUT2D eigenvalue weighted by molar-refractivity contribution is 6.08. The molecule has 0 unspecified atom stereocenters. The maximum absolute atomic E-state index is 12.1. The second-order valence-corrected chi connectivity index (χ2v) is 4.08. The number of nitrogens with one attached hydrogen (secondary N) is 1. The van der Waals surface area contributed by atoms with E-state index in [2.05, 4.69) is 10.4 Å². The lowest BCUT2D eigenvalue weighted by Gasteiger charge is -2.06. The number of hydrogen-bond donors (Lipinski definition) is 2. The predicted octanol–water partition coefficient (Wildman–Crippen LogP) is 0.780. The van der Waals surface area contributed by atoms with Gasteiger partial charge in [-0.2, -0.15) is 5.10 Å². The average Bonchev–Trinajstić information content (AvgIpc) is 2.79. The number of aromatic nitrogens is 2. The quantitative estimate of drug-likeness (QED) is 0.860. The molecule has 0 aliphatic carbocycles. The van der Waals surface area contributed by atoms with Gasteiger partial charge in [0.05, 0.1) is 19.0 Å². The highest BCUT2D eigenvalue weighted by Gasteiger charge is 2.17. The summed E-state index contributed by atoms with van der Waals surface area (Å²) in [5.41, 5.74) is 6.07. The molecule has 7 heteroatoms. The van der Waals surface area contributed by atoms with E-state index in [1.54, 1.807) is 31.3 Å². The van der Waals surface area contributed by atoms with Gasteiger partial charge in [0, 0.05) is 12.6 Å². The van der Waals surface area contributed by atoms with Crippen molar-refractivity contribution in [2.75, 3.05) is 12.4 Å². The Morgan fingerprint density at radius 2 is 2.15 bits per heavy atom. The van der Waals surface area contributed by atoms with Gasteiger partial charge < -0.3 is 15.8 Å². The van der Waals surface area contributed by atoms with Crippen LogP contribution in [0.4, 0.5) is 5.69 Å². The third-order valence-corrected chi connectivity index (χ3v) is 2.75. The first kappa shape index (κ1) is 13.6. The van der Waals surface area contributed by atoms with Crippen molar-refractivity contribution in [2.24, 2.45) is 12.8 Å². The van der Waals surface area contributed by atoms with Gasteiger partial charge in [-0.3, -0.25) is 14.3 Å². The monoisotopic (exact) mass is 274 g/mol. The average molecular weight is 274 g/mol. The number of aryl methyl sites for hydroxylation is 1. The van der Waals surface area contributed by atoms with E-state index >= 15 is 0 Å². The maximum Gasteiger partial charge on any atom is 0.269 e. The number of carbonyl (C=O) groups excluding carboxylic acids is 2. The molecule has 3 N–H and O–H groups in total. The van der Waals surface area contributed by atoms with E-state index in [1.165, 1.54) is 18.0 Å². The Labute approximate surface area is 115 Å². The molecule has 1 heterocycles. The van der Waals surface area contributed by atoms with Gasteiger partial charge in [-0.05, 0) is 18.2 Å². The van der Waals surface area contributed by atoms with E-state index < -0.39 is 5.91 Å². The Morgan fingerprint density at radius 1 is 1.40 bits per heavy atom. The summed E-state index contributed by atoms with van der Waals surface area (Å²) >= 11 is 0. The number of rotatable bonds is 4. The van der Waals surface area contributed by atoms with Crippen LogP contribution in [0.5, 0.6) is 5.75 Å². The molecule has 20 heavy (non-hydrogen) atoms. The fourth-order valence-corrected chi connectivity index (χ4v) is 1.78. The summed E-state index contributed by atoms with van der Waals surface area (Å²) in [5.74, 6) is -0.468. The van der Waals surface area contributed by atoms with Gasteiger partial charge in [0.25, 0.3) is 11.8 Å². The molecule has 104 valence electrons. The summed E-state index contributed by atoms with van der Waals surface area (Å²) in [6.07, 6.45) is 1.37. The fourth-order valence-electron chi connectivity index (χ4n) is 1.78. The van der Waals surface area contributed by atoms with Crippen molar-refractivity contribution in [2.45, 2.75) is 0 Å². The Hall–Kier alpha value is -2.83. The molecular weight excluding hydrogens is 260 g/mol. The number of hydrogen-bond acceptors (Lipinski definition) is 4. The lowest BCUT2D eigenvalue weighted by Crippen LogP contribution is -2.20. The van der Waals surface area contributed by atoms with E-state index in [0.717, 1.165) is 0 Å². The number of anilines is 1. The lowest BCUT2D eigenvalue weighted by molar-refractivity contribution is 0.0992. The minimum Gasteiger partial charge on any atom is -0.497 e. The van der Waals surface area contributed by atoms with Crippen LogP contribution in [0.1, 0.15) is 20.8 Å². The summed E-state index contributed by atoms with van der Waals surface area (Å²) < 4.78 is 6.36. The molecule has 0 fully saturated rings. The van der Waals surface area contributed by atoms with Crippen LogP contribution in [0, 0.1) is 0 Å². The number of methoxy groups -OCH3 is 1. The molecule has 1 aromatic heterocycles. The summed E-state index contributed by atoms with van der Waals surface area (Å²) in [6.45, 7) is 0. The van der Waals surface area contributed by atoms with Crippen LogP contribution in [0.3, 0.4) is 0 Å². The number of carbonyl (C=O) groups is 2. The second-order valence-electron chi connectivity index (χ2n) is 4.08. The number of nitrogens with two attached hydrogens (primary N) is 1. The molecule has 0 aliphatic heterocycles. The van der Waals surface area contributed by atoms with Crippen molar-refractivity contribution in [3.05, 3.63) is 41.7 Å². The third kappa shape index (κ3) is 2.61. The van der Waals surface area contributed by atoms with E-state index in [1.807, 2.05) is 0 Å². The molecule has 0 bridgehead atoms. The van der Waals surface area contributed by atoms with E-state index in [0.29, 0.717) is 11.3 Å². The molecule has 2 rings (SSSR count). The van der Waals surface area contributed by atoms with Crippen molar-refractivity contribution in [3.8, 4) is 5.75 Å². The van der Waals surface area contributed by atoms with Crippen molar-refractivity contribution >= 4 is 17.5 Å². The van der Waals surface area contributed by atoms with Crippen LogP contribution in [0.2, 0.25) is 0 Å². The Kier molecular flexibility index (Phi) is 3.69. The van der Waals surface area contributed by atoms with Crippen molar-refractivity contribution in [3.63, 3.8) is 0 Å². The number of ether oxygens (including phenoxy) is 1. The largest absolute Gasteiger partial charge is 0.497 e. The molecule has 7 nitrogen and oxygen atoms in total. The van der Waals surface area contributed by atoms with Crippen LogP contribution >= 0.6 is 0 Å². The highest BCUT2D eigenvalue weighted by atomic mass is 16.5. The standard InChI is InChI=1S/C13H14N4O3/c1-17-11(12(14)18)10(7-15-17)16-13(19)8-4-3-5-9(6-8)20-2/h3-7H,1-2H3,(H2,14,18)(H,16,19). The molecule has 1 aromatic carbocycles. The Bertz CT molecular complexity index is 663. The van der Waals surface area contributed by atoms with Gasteiger partial charge in [0.15, 0.2) is 0 Å². The summed E-state index contributed by atoms with van der Waals surface area (Å²) in [7, 11) is 3.09. The first-order chi connectivity index (χ1) is 9.52. The van der Waals surface area contributed by atoms with Gasteiger partial charge in [0.2, 0.25) is 0 Å². The van der Waals surface area contributed by atoms with Crippen LogP contribution in [0.15, 0.2) is 30.5 Å². The van der Waals surface area contributed by atoms with E-state index in [4.69, 9.17) is 10.5 Å². The van der Waals surface area contributed by atoms with E-state index in [9.17, 15) is 9.59 Å². The summed E-state index contributed by atoms with van der Waals surface area (Å²) in [4.78, 5) is 23.4. The van der Waals surface area contributed by atoms with Crippen LogP contribution < -0.4 is 15.8 Å². The zero-order valence-corrected chi connectivity index (χ0v) is 11.1. The van der Waals surface area contributed by atoms with Gasteiger partial charge in [-0.15, -0.1) is 0 Å². The molecule has 0 aliphatic rings. The van der Waals surface area contributed by atoms with Crippen molar-refractivity contribution < 1.29 is 14.3 Å². The third-order valence-electron chi connectivity index (χ3n) is 2.75. The number of primary amides is 1. The summed E-state index contributed by atoms with van der Waals surface area (Å²) in [5, 5.41) is 6.50. The second kappa shape index (κ2) is 5.43. The van der Waals surface area contributed by atoms with Gasteiger partial charge in [-0.1, -0.05) is 6.07 Å². The smallest absolute Gasteiger partial charge is 0.269 e. The minimum absolute atomic E-state index is 0.140. The molecule has 0 radical (unpaired) electrons. The lowest BCUT2D eigenvalue weighted by atomic mass is 10.2. The zero-order valence-electron chi connectivity index (χ0n) is 11.1. The molecule has 0 saturated heterocycles. The maximum atomic E-state index is 12.1. The number of nitrogens with zero attached hydrogens (tertiary/aromatic N) is 2. The molecule has 0 atom stereocenters. The first-order valence-electron chi connectivity index (χ1n) is 5.80. The minimum atomic E-state index is -0.661. The first-order valence-corrected chi connectivity index (χ1v) is 5.80. The topological polar surface area (TPSA) is 99.2 Å².